The van der Waals surface area contributed by atoms with E-state index in [1.54, 1.807) is 48.9 Å². The van der Waals surface area contributed by atoms with E-state index in [2.05, 4.69) is 5.10 Å². The highest BCUT2D eigenvalue weighted by molar-refractivity contribution is 5.98. The Balaban J connectivity index is 1.96. The topological polar surface area (TPSA) is 65.6 Å². The third-order valence-corrected chi connectivity index (χ3v) is 3.26. The highest BCUT2D eigenvalue weighted by atomic mass is 16.5. The summed E-state index contributed by atoms with van der Waals surface area (Å²) in [6.07, 6.45) is 4.74. The van der Waals surface area contributed by atoms with Crippen molar-refractivity contribution in [1.29, 1.82) is 0 Å². The lowest BCUT2D eigenvalue weighted by atomic mass is 10.1. The summed E-state index contributed by atoms with van der Waals surface area (Å²) in [4.78, 5) is 24.6. The van der Waals surface area contributed by atoms with Crippen LogP contribution in [0.5, 0.6) is 5.75 Å². The van der Waals surface area contributed by atoms with Crippen molar-refractivity contribution in [2.24, 2.45) is 0 Å². The van der Waals surface area contributed by atoms with Gasteiger partial charge in [-0.3, -0.25) is 9.59 Å². The van der Waals surface area contributed by atoms with Gasteiger partial charge in [-0.2, -0.15) is 5.10 Å². The fourth-order valence-corrected chi connectivity index (χ4v) is 2.20. The Morgan fingerprint density at radius 3 is 2.86 bits per heavy atom. The van der Waals surface area contributed by atoms with E-state index in [0.717, 1.165) is 0 Å². The number of methoxy groups -OCH3 is 1. The zero-order valence-corrected chi connectivity index (χ0v) is 11.4. The van der Waals surface area contributed by atoms with Crippen LogP contribution in [0.1, 0.15) is 10.4 Å². The summed E-state index contributed by atoms with van der Waals surface area (Å²) in [5.74, 6) is 0.319. The molecule has 0 amide bonds. The zero-order chi connectivity index (χ0) is 14.8. The van der Waals surface area contributed by atoms with Gasteiger partial charge in [-0.15, -0.1) is 0 Å². The summed E-state index contributed by atoms with van der Waals surface area (Å²) in [6, 6.07) is 8.57. The molecule has 0 aliphatic rings. The molecule has 3 rings (SSSR count). The maximum atomic E-state index is 12.4. The second kappa shape index (κ2) is 5.24. The summed E-state index contributed by atoms with van der Waals surface area (Å²) in [7, 11) is 1.51. The quantitative estimate of drug-likeness (QED) is 0.679. The lowest BCUT2D eigenvalue weighted by Crippen LogP contribution is -2.25. The Kier molecular flexibility index (Phi) is 3.27. The third-order valence-electron chi connectivity index (χ3n) is 3.26. The summed E-state index contributed by atoms with van der Waals surface area (Å²) in [5, 5.41) is 3.98. The number of ketones is 1. The van der Waals surface area contributed by atoms with Crippen molar-refractivity contribution in [3.05, 3.63) is 64.8 Å². The average Bonchev–Trinajstić information content (AvgIpc) is 2.99. The number of ether oxygens (including phenoxy) is 1. The Bertz CT molecular complexity index is 864. The number of benzene rings is 1. The lowest BCUT2D eigenvalue weighted by molar-refractivity contribution is 0.0968. The van der Waals surface area contributed by atoms with Crippen LogP contribution in [0.3, 0.4) is 0 Å². The van der Waals surface area contributed by atoms with Gasteiger partial charge < -0.3 is 9.30 Å². The minimum atomic E-state index is -0.252. The minimum absolute atomic E-state index is 0.0408. The molecule has 0 N–H and O–H groups in total. The summed E-state index contributed by atoms with van der Waals surface area (Å²) >= 11 is 0. The van der Waals surface area contributed by atoms with Crippen molar-refractivity contribution in [3.8, 4) is 5.75 Å². The van der Waals surface area contributed by atoms with Crippen molar-refractivity contribution in [2.75, 3.05) is 7.11 Å². The van der Waals surface area contributed by atoms with Gasteiger partial charge in [0.1, 0.15) is 11.3 Å². The Morgan fingerprint density at radius 1 is 1.24 bits per heavy atom. The van der Waals surface area contributed by atoms with E-state index in [0.29, 0.717) is 16.8 Å². The SMILES string of the molecule is COc1ccccc1C(=O)Cn1ccn2nccc2c1=O. The number of nitrogens with zero attached hydrogens (tertiary/aromatic N) is 3. The monoisotopic (exact) mass is 283 g/mol. The van der Waals surface area contributed by atoms with Crippen molar-refractivity contribution >= 4 is 11.3 Å². The molecule has 2 aromatic heterocycles. The van der Waals surface area contributed by atoms with Crippen LogP contribution < -0.4 is 10.3 Å². The molecular formula is C15H13N3O3. The van der Waals surface area contributed by atoms with Crippen LogP contribution in [0, 0.1) is 0 Å². The van der Waals surface area contributed by atoms with Gasteiger partial charge in [0.2, 0.25) is 0 Å². The second-order valence-electron chi connectivity index (χ2n) is 4.52. The molecule has 0 unspecified atom stereocenters. The normalized spacial score (nSPS) is 10.7. The average molecular weight is 283 g/mol. The first-order valence-electron chi connectivity index (χ1n) is 6.39. The van der Waals surface area contributed by atoms with Crippen LogP contribution in [0.4, 0.5) is 0 Å². The van der Waals surface area contributed by atoms with E-state index in [1.165, 1.54) is 16.2 Å². The number of fused-ring (bicyclic) bond motifs is 1. The van der Waals surface area contributed by atoms with Crippen molar-refractivity contribution in [1.82, 2.24) is 14.2 Å². The first kappa shape index (κ1) is 13.1. The van der Waals surface area contributed by atoms with Gasteiger partial charge in [0, 0.05) is 12.4 Å². The number of para-hydroxylation sites is 1. The van der Waals surface area contributed by atoms with Gasteiger partial charge in [0.25, 0.3) is 5.56 Å². The van der Waals surface area contributed by atoms with Crippen LogP contribution in [-0.4, -0.2) is 27.1 Å². The number of hydrogen-bond acceptors (Lipinski definition) is 4. The Morgan fingerprint density at radius 2 is 2.05 bits per heavy atom. The number of rotatable bonds is 4. The summed E-state index contributed by atoms with van der Waals surface area (Å²) in [5.41, 5.74) is 0.642. The molecule has 3 aromatic rings. The molecule has 0 aliphatic carbocycles. The van der Waals surface area contributed by atoms with Crippen molar-refractivity contribution in [3.63, 3.8) is 0 Å². The largest absolute Gasteiger partial charge is 0.496 e. The van der Waals surface area contributed by atoms with Crippen molar-refractivity contribution in [2.45, 2.75) is 6.54 Å². The molecule has 0 bridgehead atoms. The lowest BCUT2D eigenvalue weighted by Gasteiger charge is -2.09. The van der Waals surface area contributed by atoms with Crippen LogP contribution in [0.15, 0.2) is 53.7 Å². The van der Waals surface area contributed by atoms with E-state index >= 15 is 0 Å². The highest BCUT2D eigenvalue weighted by Gasteiger charge is 2.13. The molecule has 6 nitrogen and oxygen atoms in total. The first-order chi connectivity index (χ1) is 10.2. The van der Waals surface area contributed by atoms with Crippen LogP contribution in [-0.2, 0) is 6.54 Å². The number of aromatic nitrogens is 3. The molecule has 0 aliphatic heterocycles. The van der Waals surface area contributed by atoms with Crippen LogP contribution in [0.2, 0.25) is 0 Å². The van der Waals surface area contributed by atoms with Gasteiger partial charge in [-0.05, 0) is 18.2 Å². The van der Waals surface area contributed by atoms with E-state index in [1.807, 2.05) is 0 Å². The Labute approximate surface area is 120 Å². The predicted molar refractivity (Wildman–Crippen MR) is 76.8 cm³/mol. The fourth-order valence-electron chi connectivity index (χ4n) is 2.20. The molecule has 0 saturated carbocycles. The van der Waals surface area contributed by atoms with Gasteiger partial charge in [0.05, 0.1) is 25.4 Å². The molecular weight excluding hydrogens is 270 g/mol. The maximum absolute atomic E-state index is 12.4. The molecule has 1 aromatic carbocycles. The van der Waals surface area contributed by atoms with E-state index in [9.17, 15) is 9.59 Å². The number of carbonyl (C=O) groups excluding carboxylic acids is 1. The molecule has 0 saturated heterocycles. The fraction of sp³-hybridized carbons (Fsp3) is 0.133. The molecule has 2 heterocycles. The van der Waals surface area contributed by atoms with Gasteiger partial charge in [-0.1, -0.05) is 12.1 Å². The van der Waals surface area contributed by atoms with Crippen molar-refractivity contribution < 1.29 is 9.53 Å². The molecule has 21 heavy (non-hydrogen) atoms. The molecule has 0 fully saturated rings. The standard InChI is InChI=1S/C15H13N3O3/c1-21-14-5-3-2-4-11(14)13(19)10-17-8-9-18-12(15(17)20)6-7-16-18/h2-9H,10H2,1H3. The molecule has 0 spiro atoms. The molecule has 0 radical (unpaired) electrons. The maximum Gasteiger partial charge on any atom is 0.276 e. The number of carbonyl (C=O) groups is 1. The summed E-state index contributed by atoms with van der Waals surface area (Å²) in [6.45, 7) is -0.0408. The van der Waals surface area contributed by atoms with Gasteiger partial charge in [-0.25, -0.2) is 4.52 Å². The molecule has 6 heteroatoms. The minimum Gasteiger partial charge on any atom is -0.496 e. The molecule has 106 valence electrons. The summed E-state index contributed by atoms with van der Waals surface area (Å²) < 4.78 is 8.02. The molecule has 0 atom stereocenters. The third kappa shape index (κ3) is 2.31. The van der Waals surface area contributed by atoms with E-state index in [4.69, 9.17) is 4.74 Å². The highest BCUT2D eigenvalue weighted by Crippen LogP contribution is 2.18. The number of Topliss-reactive ketones (excluding diaryl/α,β-unsaturated/α-hetero) is 1. The van der Waals surface area contributed by atoms with E-state index in [-0.39, 0.29) is 17.9 Å². The van der Waals surface area contributed by atoms with E-state index < -0.39 is 0 Å². The Hall–Kier alpha value is -2.89. The van der Waals surface area contributed by atoms with Gasteiger partial charge in [0.15, 0.2) is 5.78 Å². The van der Waals surface area contributed by atoms with Crippen LogP contribution in [0.25, 0.3) is 5.52 Å². The smallest absolute Gasteiger partial charge is 0.276 e. The van der Waals surface area contributed by atoms with Gasteiger partial charge >= 0.3 is 0 Å². The predicted octanol–water partition coefficient (Wildman–Crippen LogP) is 1.39. The number of hydrogen-bond donors (Lipinski definition) is 0. The second-order valence-corrected chi connectivity index (χ2v) is 4.52. The van der Waals surface area contributed by atoms with Crippen LogP contribution >= 0.6 is 0 Å². The first-order valence-corrected chi connectivity index (χ1v) is 6.39. The zero-order valence-electron chi connectivity index (χ0n) is 11.4.